The predicted octanol–water partition coefficient (Wildman–Crippen LogP) is 3.94. The molecule has 1 aliphatic rings. The third kappa shape index (κ3) is 2.74. The number of nitrogens with zero attached hydrogens (tertiary/aromatic N) is 2. The van der Waals surface area contributed by atoms with Crippen LogP contribution in [0.5, 0.6) is 0 Å². The van der Waals surface area contributed by atoms with Gasteiger partial charge in [0.25, 0.3) is 0 Å². The number of guanidine groups is 1. The van der Waals surface area contributed by atoms with E-state index in [1.165, 1.54) is 10.5 Å². The molecule has 0 aliphatic carbocycles. The second kappa shape index (κ2) is 6.00. The van der Waals surface area contributed by atoms with Crippen LogP contribution in [0.4, 0.5) is 5.69 Å². The van der Waals surface area contributed by atoms with Gasteiger partial charge in [-0.05, 0) is 36.1 Å². The zero-order valence-electron chi connectivity index (χ0n) is 11.7. The molecular formula is C16H16ClN3S. The van der Waals surface area contributed by atoms with Crippen molar-refractivity contribution in [3.8, 4) is 0 Å². The van der Waals surface area contributed by atoms with E-state index < -0.39 is 0 Å². The van der Waals surface area contributed by atoms with E-state index in [2.05, 4.69) is 35.5 Å². The van der Waals surface area contributed by atoms with Gasteiger partial charge in [0.05, 0.1) is 23.3 Å². The summed E-state index contributed by atoms with van der Waals surface area (Å²) in [5, 5.41) is 0.684. The number of thioether (sulfide) groups is 1. The highest BCUT2D eigenvalue weighted by molar-refractivity contribution is 7.98. The van der Waals surface area contributed by atoms with Crippen LogP contribution in [-0.4, -0.2) is 18.8 Å². The number of para-hydroxylation sites is 1. The summed E-state index contributed by atoms with van der Waals surface area (Å²) in [7, 11) is 0. The Morgan fingerprint density at radius 1 is 1.19 bits per heavy atom. The van der Waals surface area contributed by atoms with Gasteiger partial charge >= 0.3 is 0 Å². The van der Waals surface area contributed by atoms with Crippen LogP contribution in [0, 0.1) is 0 Å². The zero-order valence-corrected chi connectivity index (χ0v) is 13.2. The van der Waals surface area contributed by atoms with Crippen molar-refractivity contribution in [2.75, 3.05) is 17.7 Å². The summed E-state index contributed by atoms with van der Waals surface area (Å²) in [6.45, 7) is 0.648. The van der Waals surface area contributed by atoms with E-state index in [4.69, 9.17) is 17.3 Å². The largest absolute Gasteiger partial charge is 0.369 e. The fraction of sp³-hybridized carbons (Fsp3) is 0.188. The monoisotopic (exact) mass is 317 g/mol. The van der Waals surface area contributed by atoms with E-state index in [1.807, 2.05) is 29.2 Å². The molecule has 2 aromatic rings. The molecule has 2 N–H and O–H groups in total. The summed E-state index contributed by atoms with van der Waals surface area (Å²) in [5.41, 5.74) is 8.17. The molecular weight excluding hydrogens is 302 g/mol. The molecule has 1 aliphatic heterocycles. The van der Waals surface area contributed by atoms with E-state index in [0.717, 1.165) is 5.69 Å². The van der Waals surface area contributed by atoms with Gasteiger partial charge in [-0.3, -0.25) is 4.99 Å². The molecule has 21 heavy (non-hydrogen) atoms. The maximum atomic E-state index is 6.31. The Kier molecular flexibility index (Phi) is 4.08. The van der Waals surface area contributed by atoms with Crippen LogP contribution in [0.3, 0.4) is 0 Å². The van der Waals surface area contributed by atoms with Crippen LogP contribution >= 0.6 is 23.4 Å². The smallest absolute Gasteiger partial charge is 0.196 e. The number of aliphatic imine (C=N–C) groups is 1. The number of benzene rings is 2. The average Bonchev–Trinajstić information content (AvgIpc) is 2.89. The summed E-state index contributed by atoms with van der Waals surface area (Å²) in [6.07, 6.45) is 2.07. The van der Waals surface area contributed by atoms with Gasteiger partial charge in [-0.25, -0.2) is 0 Å². The lowest BCUT2D eigenvalue weighted by atomic mass is 10.1. The molecule has 3 nitrogen and oxygen atoms in total. The summed E-state index contributed by atoms with van der Waals surface area (Å²) >= 11 is 8.05. The Bertz CT molecular complexity index is 669. The molecule has 1 unspecified atom stereocenters. The molecule has 5 heteroatoms. The van der Waals surface area contributed by atoms with Gasteiger partial charge in [0.1, 0.15) is 0 Å². The van der Waals surface area contributed by atoms with Crippen molar-refractivity contribution >= 4 is 35.0 Å². The van der Waals surface area contributed by atoms with Crippen molar-refractivity contribution in [3.63, 3.8) is 0 Å². The molecule has 0 radical (unpaired) electrons. The summed E-state index contributed by atoms with van der Waals surface area (Å²) in [5.74, 6) is 0.516. The average molecular weight is 318 g/mol. The Balaban J connectivity index is 1.97. The fourth-order valence-corrected chi connectivity index (χ4v) is 3.15. The molecule has 3 rings (SSSR count). The van der Waals surface area contributed by atoms with Gasteiger partial charge in [0, 0.05) is 4.90 Å². The van der Waals surface area contributed by atoms with Crippen molar-refractivity contribution in [2.45, 2.75) is 10.9 Å². The second-order valence-electron chi connectivity index (χ2n) is 4.81. The molecule has 0 aromatic heterocycles. The van der Waals surface area contributed by atoms with Gasteiger partial charge in [0.2, 0.25) is 0 Å². The third-order valence-corrected chi connectivity index (χ3v) is 4.66. The Morgan fingerprint density at radius 2 is 1.90 bits per heavy atom. The van der Waals surface area contributed by atoms with Gasteiger partial charge < -0.3 is 10.6 Å². The van der Waals surface area contributed by atoms with Gasteiger partial charge in [-0.15, -0.1) is 11.8 Å². The Labute approximate surface area is 133 Å². The van der Waals surface area contributed by atoms with E-state index in [0.29, 0.717) is 17.5 Å². The van der Waals surface area contributed by atoms with Gasteiger partial charge in [-0.2, -0.15) is 0 Å². The molecule has 0 saturated heterocycles. The van der Waals surface area contributed by atoms with Crippen molar-refractivity contribution in [1.82, 2.24) is 0 Å². The second-order valence-corrected chi connectivity index (χ2v) is 6.10. The van der Waals surface area contributed by atoms with Crippen molar-refractivity contribution in [1.29, 1.82) is 0 Å². The fourth-order valence-electron chi connectivity index (χ4n) is 2.52. The van der Waals surface area contributed by atoms with Crippen LogP contribution in [0.25, 0.3) is 0 Å². The molecule has 0 spiro atoms. The highest BCUT2D eigenvalue weighted by atomic mass is 35.5. The number of rotatable bonds is 3. The van der Waals surface area contributed by atoms with E-state index in [-0.39, 0.29) is 6.04 Å². The zero-order chi connectivity index (χ0) is 14.8. The molecule has 0 bridgehead atoms. The van der Waals surface area contributed by atoms with Crippen LogP contribution in [0.2, 0.25) is 5.02 Å². The minimum absolute atomic E-state index is 0.0980. The number of hydrogen-bond donors (Lipinski definition) is 1. The summed E-state index contributed by atoms with van der Waals surface area (Å²) in [4.78, 5) is 7.65. The number of anilines is 1. The maximum Gasteiger partial charge on any atom is 0.196 e. The van der Waals surface area contributed by atoms with E-state index >= 15 is 0 Å². The van der Waals surface area contributed by atoms with Crippen LogP contribution in [0.1, 0.15) is 11.6 Å². The van der Waals surface area contributed by atoms with Crippen molar-refractivity contribution in [3.05, 3.63) is 59.1 Å². The first-order valence-electron chi connectivity index (χ1n) is 6.68. The Hall–Kier alpha value is -1.65. The summed E-state index contributed by atoms with van der Waals surface area (Å²) < 4.78 is 0. The predicted molar refractivity (Wildman–Crippen MR) is 91.4 cm³/mol. The lowest BCUT2D eigenvalue weighted by Crippen LogP contribution is -2.36. The molecule has 0 saturated carbocycles. The molecule has 1 atom stereocenters. The minimum atomic E-state index is 0.0980. The van der Waals surface area contributed by atoms with Crippen LogP contribution < -0.4 is 10.6 Å². The van der Waals surface area contributed by atoms with Crippen molar-refractivity contribution in [2.24, 2.45) is 10.7 Å². The first-order chi connectivity index (χ1) is 10.2. The molecule has 2 aromatic carbocycles. The van der Waals surface area contributed by atoms with E-state index in [9.17, 15) is 0 Å². The van der Waals surface area contributed by atoms with Gasteiger partial charge in [0.15, 0.2) is 5.96 Å². The lowest BCUT2D eigenvalue weighted by molar-refractivity contribution is 0.768. The highest BCUT2D eigenvalue weighted by Crippen LogP contribution is 2.35. The topological polar surface area (TPSA) is 41.6 Å². The third-order valence-electron chi connectivity index (χ3n) is 3.60. The lowest BCUT2D eigenvalue weighted by Gasteiger charge is -2.27. The Morgan fingerprint density at radius 3 is 2.57 bits per heavy atom. The molecule has 108 valence electrons. The first kappa shape index (κ1) is 14.3. The normalized spacial score (nSPS) is 17.9. The molecule has 1 heterocycles. The maximum absolute atomic E-state index is 6.31. The van der Waals surface area contributed by atoms with E-state index in [1.54, 1.807) is 11.8 Å². The van der Waals surface area contributed by atoms with Crippen molar-refractivity contribution < 1.29 is 0 Å². The number of hydrogen-bond acceptors (Lipinski definition) is 4. The standard InChI is InChI=1S/C16H16ClN3S/c1-21-12-8-6-11(7-9-12)15-10-19-16(18)20(15)14-5-3-2-4-13(14)17/h2-9,15H,10H2,1H3,(H2,18,19). The van der Waals surface area contributed by atoms with Crippen LogP contribution in [0.15, 0.2) is 58.4 Å². The highest BCUT2D eigenvalue weighted by Gasteiger charge is 2.29. The van der Waals surface area contributed by atoms with Gasteiger partial charge in [-0.1, -0.05) is 35.9 Å². The summed E-state index contributed by atoms with van der Waals surface area (Å²) in [6, 6.07) is 16.3. The molecule has 0 amide bonds. The SMILES string of the molecule is CSc1ccc(C2CN=C(N)N2c2ccccc2Cl)cc1. The van der Waals surface area contributed by atoms with Crippen LogP contribution in [-0.2, 0) is 0 Å². The molecule has 0 fully saturated rings. The number of nitrogens with two attached hydrogens (primary N) is 1. The quantitative estimate of drug-likeness (QED) is 0.872. The minimum Gasteiger partial charge on any atom is -0.369 e. The first-order valence-corrected chi connectivity index (χ1v) is 8.28. The number of halogens is 1.